The fourth-order valence-corrected chi connectivity index (χ4v) is 5.05. The average molecular weight is 455 g/mol. The third-order valence-corrected chi connectivity index (χ3v) is 7.24. The minimum atomic E-state index is -3.19. The zero-order chi connectivity index (χ0) is 22.5. The van der Waals surface area contributed by atoms with E-state index in [2.05, 4.69) is 20.0 Å². The monoisotopic (exact) mass is 454 g/mol. The van der Waals surface area contributed by atoms with Gasteiger partial charge in [0, 0.05) is 67.9 Å². The summed E-state index contributed by atoms with van der Waals surface area (Å²) in [6.07, 6.45) is 6.52. The van der Waals surface area contributed by atoms with Crippen LogP contribution in [0.2, 0.25) is 0 Å². The number of aliphatic imine (C=N–C) groups is 1. The maximum atomic E-state index is 14.9. The Morgan fingerprint density at radius 2 is 1.81 bits per heavy atom. The van der Waals surface area contributed by atoms with Gasteiger partial charge in [-0.15, -0.1) is 0 Å². The molecule has 0 atom stereocenters. The molecule has 1 aromatic carbocycles. The van der Waals surface area contributed by atoms with E-state index in [1.807, 2.05) is 31.4 Å². The summed E-state index contributed by atoms with van der Waals surface area (Å²) >= 11 is 0. The van der Waals surface area contributed by atoms with Crippen LogP contribution in [0.1, 0.15) is 16.7 Å². The number of halogens is 1. The van der Waals surface area contributed by atoms with Crippen molar-refractivity contribution in [3.63, 3.8) is 0 Å². The number of piperazine rings is 1. The van der Waals surface area contributed by atoms with Crippen molar-refractivity contribution in [3.05, 3.63) is 65.4 Å². The third kappa shape index (κ3) is 3.80. The molecule has 0 saturated carbocycles. The number of hydrogen-bond donors (Lipinski definition) is 0. The van der Waals surface area contributed by atoms with E-state index in [1.54, 1.807) is 17.1 Å². The Labute approximate surface area is 186 Å². The Kier molecular flexibility index (Phi) is 5.06. The number of benzene rings is 1. The van der Waals surface area contributed by atoms with E-state index in [9.17, 15) is 12.8 Å². The Morgan fingerprint density at radius 1 is 1.03 bits per heavy atom. The van der Waals surface area contributed by atoms with Crippen molar-refractivity contribution in [2.24, 2.45) is 12.0 Å². The summed E-state index contributed by atoms with van der Waals surface area (Å²) in [5.41, 5.74) is 4.58. The van der Waals surface area contributed by atoms with E-state index in [0.29, 0.717) is 38.3 Å². The fraction of sp³-hybridized carbons (Fsp3) is 0.318. The largest absolute Gasteiger partial charge is 0.354 e. The van der Waals surface area contributed by atoms with Gasteiger partial charge in [0.1, 0.15) is 11.6 Å². The molecule has 2 aliphatic heterocycles. The predicted molar refractivity (Wildman–Crippen MR) is 121 cm³/mol. The first-order valence-corrected chi connectivity index (χ1v) is 12.2. The van der Waals surface area contributed by atoms with Crippen LogP contribution in [0.25, 0.3) is 11.1 Å². The van der Waals surface area contributed by atoms with Crippen molar-refractivity contribution in [1.29, 1.82) is 0 Å². The Hall–Kier alpha value is -3.11. The van der Waals surface area contributed by atoms with Gasteiger partial charge < -0.3 is 4.90 Å². The van der Waals surface area contributed by atoms with Crippen LogP contribution < -0.4 is 4.90 Å². The van der Waals surface area contributed by atoms with Crippen LogP contribution >= 0.6 is 0 Å². The number of hydrogen-bond acceptors (Lipinski definition) is 6. The van der Waals surface area contributed by atoms with Crippen LogP contribution in [0.3, 0.4) is 0 Å². The molecule has 8 nitrogen and oxygen atoms in total. The van der Waals surface area contributed by atoms with Gasteiger partial charge in [-0.1, -0.05) is 0 Å². The van der Waals surface area contributed by atoms with Gasteiger partial charge in [0.2, 0.25) is 10.0 Å². The average Bonchev–Trinajstić information content (AvgIpc) is 3.40. The third-order valence-electron chi connectivity index (χ3n) is 5.93. The molecule has 166 valence electrons. The molecule has 4 heterocycles. The van der Waals surface area contributed by atoms with Gasteiger partial charge in [-0.25, -0.2) is 17.8 Å². The highest BCUT2D eigenvalue weighted by molar-refractivity contribution is 7.88. The topological polar surface area (TPSA) is 83.7 Å². The second kappa shape index (κ2) is 7.79. The summed E-state index contributed by atoms with van der Waals surface area (Å²) in [5, 5.41) is 4.19. The number of nitrogens with zero attached hydrogens (tertiary/aromatic N) is 6. The molecule has 2 aliphatic rings. The normalized spacial score (nSPS) is 16.8. The number of aromatic nitrogens is 3. The number of rotatable bonds is 4. The number of anilines is 1. The quantitative estimate of drug-likeness (QED) is 0.603. The van der Waals surface area contributed by atoms with Crippen molar-refractivity contribution in [1.82, 2.24) is 19.1 Å². The predicted octanol–water partition coefficient (Wildman–Crippen LogP) is 2.05. The molecular weight excluding hydrogens is 431 g/mol. The van der Waals surface area contributed by atoms with E-state index in [-0.39, 0.29) is 5.82 Å². The van der Waals surface area contributed by atoms with Gasteiger partial charge in [0.15, 0.2) is 0 Å². The first kappa shape index (κ1) is 20.8. The van der Waals surface area contributed by atoms with E-state index in [4.69, 9.17) is 0 Å². The summed E-state index contributed by atoms with van der Waals surface area (Å²) < 4.78 is 41.6. The van der Waals surface area contributed by atoms with E-state index < -0.39 is 10.0 Å². The Bertz CT molecular complexity index is 1330. The van der Waals surface area contributed by atoms with Crippen molar-refractivity contribution in [2.45, 2.75) is 6.54 Å². The number of sulfonamides is 1. The maximum Gasteiger partial charge on any atom is 0.211 e. The second-order valence-corrected chi connectivity index (χ2v) is 10.1. The van der Waals surface area contributed by atoms with Crippen molar-refractivity contribution < 1.29 is 12.8 Å². The molecule has 0 bridgehead atoms. The molecule has 1 fully saturated rings. The first-order chi connectivity index (χ1) is 15.3. The number of fused-ring (bicyclic) bond motifs is 1. The van der Waals surface area contributed by atoms with Gasteiger partial charge in [-0.05, 0) is 29.8 Å². The molecule has 10 heteroatoms. The number of aryl methyl sites for hydroxylation is 1. The lowest BCUT2D eigenvalue weighted by Crippen LogP contribution is -2.48. The van der Waals surface area contributed by atoms with Crippen LogP contribution in [-0.2, 0) is 23.6 Å². The molecule has 0 N–H and O–H groups in total. The van der Waals surface area contributed by atoms with E-state index >= 15 is 0 Å². The van der Waals surface area contributed by atoms with Crippen LogP contribution in [0.15, 0.2) is 47.8 Å². The lowest BCUT2D eigenvalue weighted by molar-refractivity contribution is 0.387. The summed E-state index contributed by atoms with van der Waals surface area (Å²) in [7, 11) is -1.36. The molecule has 0 amide bonds. The molecule has 0 radical (unpaired) electrons. The number of pyridine rings is 1. The molecule has 0 spiro atoms. The molecule has 1 saturated heterocycles. The maximum absolute atomic E-state index is 14.9. The zero-order valence-electron chi connectivity index (χ0n) is 17.9. The molecule has 32 heavy (non-hydrogen) atoms. The molecule has 2 aromatic heterocycles. The van der Waals surface area contributed by atoms with Crippen molar-refractivity contribution >= 4 is 21.6 Å². The standard InChI is InChI=1S/C22H23FN6O2S/c1-27-14-17(12-26-27)16-9-18-19(20(23)10-16)13-25-22(18)15-3-4-24-21(11-15)28-5-7-29(8-6-28)32(2,30)31/h3-4,9-12,14H,5-8,13H2,1-2H3. The lowest BCUT2D eigenvalue weighted by Gasteiger charge is -2.34. The molecule has 0 unspecified atom stereocenters. The highest BCUT2D eigenvalue weighted by atomic mass is 32.2. The van der Waals surface area contributed by atoms with Crippen molar-refractivity contribution in [2.75, 3.05) is 37.3 Å². The minimum Gasteiger partial charge on any atom is -0.354 e. The van der Waals surface area contributed by atoms with Gasteiger partial charge in [-0.3, -0.25) is 9.67 Å². The van der Waals surface area contributed by atoms with Crippen LogP contribution in [0.4, 0.5) is 10.2 Å². The van der Waals surface area contributed by atoms with E-state index in [0.717, 1.165) is 33.8 Å². The first-order valence-electron chi connectivity index (χ1n) is 10.3. The summed E-state index contributed by atoms with van der Waals surface area (Å²) in [6, 6.07) is 7.32. The van der Waals surface area contributed by atoms with Crippen LogP contribution in [0, 0.1) is 5.82 Å². The summed E-state index contributed by atoms with van der Waals surface area (Å²) in [4.78, 5) is 11.2. The zero-order valence-corrected chi connectivity index (χ0v) is 18.7. The summed E-state index contributed by atoms with van der Waals surface area (Å²) in [5.74, 6) is 0.488. The molecule has 0 aliphatic carbocycles. The minimum absolute atomic E-state index is 0.272. The lowest BCUT2D eigenvalue weighted by atomic mass is 9.96. The highest BCUT2D eigenvalue weighted by Crippen LogP contribution is 2.31. The Morgan fingerprint density at radius 3 is 2.50 bits per heavy atom. The van der Waals surface area contributed by atoms with Crippen LogP contribution in [-0.4, -0.2) is 65.6 Å². The smallest absolute Gasteiger partial charge is 0.211 e. The summed E-state index contributed by atoms with van der Waals surface area (Å²) in [6.45, 7) is 2.27. The van der Waals surface area contributed by atoms with Gasteiger partial charge in [-0.2, -0.15) is 9.40 Å². The van der Waals surface area contributed by atoms with Crippen LogP contribution in [0.5, 0.6) is 0 Å². The SMILES string of the molecule is Cn1cc(-c2cc(F)c3c(c2)C(c2ccnc(N4CCN(S(C)(=O)=O)CC4)c2)=NC3)cn1. The fourth-order valence-electron chi connectivity index (χ4n) is 4.22. The molecular formula is C22H23FN6O2S. The van der Waals surface area contributed by atoms with E-state index in [1.165, 1.54) is 16.6 Å². The highest BCUT2D eigenvalue weighted by Gasteiger charge is 2.26. The molecule has 3 aromatic rings. The Balaban J connectivity index is 1.44. The van der Waals surface area contributed by atoms with Gasteiger partial charge in [0.25, 0.3) is 0 Å². The molecule has 5 rings (SSSR count). The van der Waals surface area contributed by atoms with Gasteiger partial charge in [0.05, 0.1) is 24.7 Å². The van der Waals surface area contributed by atoms with Crippen molar-refractivity contribution in [3.8, 4) is 11.1 Å². The second-order valence-electron chi connectivity index (χ2n) is 8.10. The van der Waals surface area contributed by atoms with Gasteiger partial charge >= 0.3 is 0 Å².